The fourth-order valence-electron chi connectivity index (χ4n) is 4.18. The zero-order valence-corrected chi connectivity index (χ0v) is 19.1. The van der Waals surface area contributed by atoms with Crippen LogP contribution in [0.4, 0.5) is 0 Å². The number of nitrogens with zero attached hydrogens (tertiary/aromatic N) is 3. The molecule has 0 aliphatic carbocycles. The third-order valence-corrected chi connectivity index (χ3v) is 7.82. The zero-order valence-electron chi connectivity index (χ0n) is 18.3. The number of likely N-dealkylation sites (N-methyl/N-ethyl adjacent to an activating group) is 1. The smallest absolute Gasteiger partial charge is 0.152 e. The minimum Gasteiger partial charge on any atom is -0.311 e. The molecule has 2 unspecified atom stereocenters. The van der Waals surface area contributed by atoms with Crippen molar-refractivity contribution < 1.29 is 8.42 Å². The summed E-state index contributed by atoms with van der Waals surface area (Å²) in [6.45, 7) is 7.80. The van der Waals surface area contributed by atoms with Gasteiger partial charge in [0.1, 0.15) is 0 Å². The van der Waals surface area contributed by atoms with Gasteiger partial charge in [0.25, 0.3) is 0 Å². The first kappa shape index (κ1) is 22.0. The quantitative estimate of drug-likeness (QED) is 0.714. The Kier molecular flexibility index (Phi) is 6.81. The highest BCUT2D eigenvalue weighted by molar-refractivity contribution is 7.91. The molecule has 0 spiro atoms. The number of benzene rings is 1. The van der Waals surface area contributed by atoms with Gasteiger partial charge in [0.05, 0.1) is 23.2 Å². The highest BCUT2D eigenvalue weighted by Crippen LogP contribution is 2.27. The van der Waals surface area contributed by atoms with Gasteiger partial charge < -0.3 is 10.2 Å². The Morgan fingerprint density at radius 1 is 1.24 bits per heavy atom. The Morgan fingerprint density at radius 2 is 1.93 bits per heavy atom. The SMILES string of the molecule is CCc1ccc(C(CNCc2c(C)nn(C3CCS(=O)(=O)C3)c2C)N(C)C)cc1. The number of hydrogen-bond donors (Lipinski definition) is 1. The molecule has 1 aromatic carbocycles. The molecule has 0 radical (unpaired) electrons. The lowest BCUT2D eigenvalue weighted by molar-refractivity contribution is 0.288. The first-order valence-electron chi connectivity index (χ1n) is 10.4. The highest BCUT2D eigenvalue weighted by Gasteiger charge is 2.31. The summed E-state index contributed by atoms with van der Waals surface area (Å²) in [5.41, 5.74) is 5.89. The van der Waals surface area contributed by atoms with Crippen molar-refractivity contribution in [3.05, 3.63) is 52.3 Å². The van der Waals surface area contributed by atoms with E-state index < -0.39 is 9.84 Å². The molecule has 1 saturated heterocycles. The third kappa shape index (κ3) is 5.08. The number of hydrogen-bond acceptors (Lipinski definition) is 5. The van der Waals surface area contributed by atoms with E-state index in [-0.39, 0.29) is 23.6 Å². The normalized spacial score (nSPS) is 19.7. The Morgan fingerprint density at radius 3 is 2.48 bits per heavy atom. The van der Waals surface area contributed by atoms with Gasteiger partial charge in [-0.2, -0.15) is 5.10 Å². The van der Waals surface area contributed by atoms with Gasteiger partial charge in [0.15, 0.2) is 9.84 Å². The van der Waals surface area contributed by atoms with E-state index in [2.05, 4.69) is 67.5 Å². The Labute approximate surface area is 175 Å². The van der Waals surface area contributed by atoms with E-state index in [1.54, 1.807) is 0 Å². The maximum absolute atomic E-state index is 11.8. The summed E-state index contributed by atoms with van der Waals surface area (Å²) in [5.74, 6) is 0.475. The van der Waals surface area contributed by atoms with Gasteiger partial charge >= 0.3 is 0 Å². The molecule has 0 saturated carbocycles. The molecule has 7 heteroatoms. The van der Waals surface area contributed by atoms with Crippen molar-refractivity contribution >= 4 is 9.84 Å². The number of nitrogens with one attached hydrogen (secondary N) is 1. The van der Waals surface area contributed by atoms with E-state index >= 15 is 0 Å². The number of aromatic nitrogens is 2. The molecular weight excluding hydrogens is 384 g/mol. The molecule has 1 aliphatic rings. The lowest BCUT2D eigenvalue weighted by Crippen LogP contribution is -2.31. The summed E-state index contributed by atoms with van der Waals surface area (Å²) in [7, 11) is 1.29. The predicted molar refractivity (Wildman–Crippen MR) is 118 cm³/mol. The van der Waals surface area contributed by atoms with Gasteiger partial charge in [0.2, 0.25) is 0 Å². The number of rotatable bonds is 8. The molecular formula is C22H34N4O2S. The lowest BCUT2D eigenvalue weighted by atomic mass is 10.0. The van der Waals surface area contributed by atoms with Gasteiger partial charge in [-0.05, 0) is 51.9 Å². The van der Waals surface area contributed by atoms with E-state index in [1.165, 1.54) is 16.7 Å². The first-order chi connectivity index (χ1) is 13.7. The average Bonchev–Trinajstić information content (AvgIpc) is 3.17. The van der Waals surface area contributed by atoms with Crippen LogP contribution >= 0.6 is 0 Å². The maximum Gasteiger partial charge on any atom is 0.152 e. The summed E-state index contributed by atoms with van der Waals surface area (Å²) in [6.07, 6.45) is 1.71. The van der Waals surface area contributed by atoms with Crippen molar-refractivity contribution in [2.75, 3.05) is 32.1 Å². The Balaban J connectivity index is 1.67. The van der Waals surface area contributed by atoms with E-state index in [1.807, 2.05) is 11.6 Å². The molecule has 2 aromatic rings. The van der Waals surface area contributed by atoms with Crippen LogP contribution in [-0.2, 0) is 22.8 Å². The fraction of sp³-hybridized carbons (Fsp3) is 0.591. The molecule has 2 atom stereocenters. The van der Waals surface area contributed by atoms with Gasteiger partial charge in [-0.3, -0.25) is 4.68 Å². The van der Waals surface area contributed by atoms with Crippen molar-refractivity contribution in [3.8, 4) is 0 Å². The third-order valence-electron chi connectivity index (χ3n) is 6.06. The second kappa shape index (κ2) is 8.98. The first-order valence-corrected chi connectivity index (χ1v) is 12.2. The largest absolute Gasteiger partial charge is 0.311 e. The van der Waals surface area contributed by atoms with Crippen molar-refractivity contribution in [1.82, 2.24) is 20.0 Å². The van der Waals surface area contributed by atoms with Crippen molar-refractivity contribution in [2.45, 2.75) is 52.2 Å². The molecule has 1 fully saturated rings. The molecule has 3 rings (SSSR count). The van der Waals surface area contributed by atoms with Crippen LogP contribution in [0.25, 0.3) is 0 Å². The second-order valence-electron chi connectivity index (χ2n) is 8.36. The monoisotopic (exact) mass is 418 g/mol. The molecule has 0 bridgehead atoms. The molecule has 2 heterocycles. The highest BCUT2D eigenvalue weighted by atomic mass is 32.2. The summed E-state index contributed by atoms with van der Waals surface area (Å²) >= 11 is 0. The zero-order chi connectivity index (χ0) is 21.2. The van der Waals surface area contributed by atoms with Gasteiger partial charge in [-0.1, -0.05) is 31.2 Å². The maximum atomic E-state index is 11.8. The summed E-state index contributed by atoms with van der Waals surface area (Å²) in [4.78, 5) is 2.24. The average molecular weight is 419 g/mol. The van der Waals surface area contributed by atoms with Gasteiger partial charge in [0, 0.05) is 30.4 Å². The standard InChI is InChI=1S/C22H34N4O2S/c1-6-18-7-9-19(10-8-18)22(25(4)5)14-23-13-21-16(2)24-26(17(21)3)20-11-12-29(27,28)15-20/h7-10,20,22-23H,6,11-15H2,1-5H3. The van der Waals surface area contributed by atoms with E-state index in [0.717, 1.165) is 30.9 Å². The molecule has 1 aromatic heterocycles. The van der Waals surface area contributed by atoms with Crippen LogP contribution in [0.5, 0.6) is 0 Å². The molecule has 6 nitrogen and oxygen atoms in total. The van der Waals surface area contributed by atoms with Crippen LogP contribution < -0.4 is 5.32 Å². The summed E-state index contributed by atoms with van der Waals surface area (Å²) in [6, 6.07) is 9.12. The van der Waals surface area contributed by atoms with Gasteiger partial charge in [-0.15, -0.1) is 0 Å². The van der Waals surface area contributed by atoms with Crippen LogP contribution in [0.3, 0.4) is 0 Å². The van der Waals surface area contributed by atoms with Crippen LogP contribution in [-0.4, -0.2) is 55.2 Å². The van der Waals surface area contributed by atoms with E-state index in [0.29, 0.717) is 6.42 Å². The minimum atomic E-state index is -2.92. The van der Waals surface area contributed by atoms with Crippen LogP contribution in [0, 0.1) is 13.8 Å². The minimum absolute atomic E-state index is 0.0287. The lowest BCUT2D eigenvalue weighted by Gasteiger charge is -2.25. The van der Waals surface area contributed by atoms with Crippen molar-refractivity contribution in [2.24, 2.45) is 0 Å². The molecule has 1 N–H and O–H groups in total. The molecule has 29 heavy (non-hydrogen) atoms. The Bertz CT molecular complexity index is 932. The van der Waals surface area contributed by atoms with Crippen LogP contribution in [0.1, 0.15) is 53.5 Å². The van der Waals surface area contributed by atoms with E-state index in [4.69, 9.17) is 0 Å². The second-order valence-corrected chi connectivity index (χ2v) is 10.6. The summed E-state index contributed by atoms with van der Waals surface area (Å²) < 4.78 is 25.6. The molecule has 0 amide bonds. The van der Waals surface area contributed by atoms with Gasteiger partial charge in [-0.25, -0.2) is 8.42 Å². The molecule has 160 valence electrons. The molecule has 1 aliphatic heterocycles. The Hall–Kier alpha value is -1.70. The van der Waals surface area contributed by atoms with Crippen molar-refractivity contribution in [3.63, 3.8) is 0 Å². The predicted octanol–water partition coefficient (Wildman–Crippen LogP) is 2.81. The van der Waals surface area contributed by atoms with Crippen LogP contribution in [0.2, 0.25) is 0 Å². The summed E-state index contributed by atoms with van der Waals surface area (Å²) in [5, 5.41) is 8.27. The van der Waals surface area contributed by atoms with Crippen molar-refractivity contribution in [1.29, 1.82) is 0 Å². The number of sulfone groups is 1. The fourth-order valence-corrected chi connectivity index (χ4v) is 5.88. The number of aryl methyl sites for hydroxylation is 2. The topological polar surface area (TPSA) is 67.2 Å². The van der Waals surface area contributed by atoms with E-state index in [9.17, 15) is 8.42 Å². The van der Waals surface area contributed by atoms with Crippen LogP contribution in [0.15, 0.2) is 24.3 Å².